The van der Waals surface area contributed by atoms with Crippen LogP contribution in [-0.2, 0) is 19.3 Å². The van der Waals surface area contributed by atoms with E-state index in [1.54, 1.807) is 11.1 Å². The van der Waals surface area contributed by atoms with Crippen molar-refractivity contribution < 1.29 is 0 Å². The van der Waals surface area contributed by atoms with Gasteiger partial charge >= 0.3 is 0 Å². The summed E-state index contributed by atoms with van der Waals surface area (Å²) in [7, 11) is 0. The van der Waals surface area contributed by atoms with Gasteiger partial charge in [-0.3, -0.25) is 0 Å². The maximum atomic E-state index is 2.41. The van der Waals surface area contributed by atoms with Crippen LogP contribution in [-0.4, -0.2) is 0 Å². The van der Waals surface area contributed by atoms with Crippen molar-refractivity contribution in [1.82, 2.24) is 0 Å². The van der Waals surface area contributed by atoms with E-state index in [4.69, 9.17) is 0 Å². The molecule has 0 bridgehead atoms. The average molecular weight is 241 g/mol. The molecule has 0 aromatic heterocycles. The number of fused-ring (bicyclic) bond motifs is 1. The van der Waals surface area contributed by atoms with Crippen LogP contribution in [0, 0.1) is 0 Å². The quantitative estimate of drug-likeness (QED) is 0.740. The third kappa shape index (κ3) is 2.34. The minimum Gasteiger partial charge on any atom is -0.114 e. The Hall–Kier alpha value is -0.300. The van der Waals surface area contributed by atoms with Gasteiger partial charge < -0.3 is 0 Å². The minimum atomic E-state index is 0. The lowest BCUT2D eigenvalue weighted by Gasteiger charge is -2.02. The van der Waals surface area contributed by atoms with Crippen molar-refractivity contribution in [1.29, 1.82) is 0 Å². The van der Waals surface area contributed by atoms with E-state index < -0.39 is 0 Å². The molecule has 0 fully saturated rings. The van der Waals surface area contributed by atoms with Crippen LogP contribution in [0.4, 0.5) is 0 Å². The third-order valence-electron chi connectivity index (χ3n) is 2.70. The van der Waals surface area contributed by atoms with Gasteiger partial charge in [0.25, 0.3) is 0 Å². The molecular weight excluding hydrogens is 224 g/mol. The van der Waals surface area contributed by atoms with Gasteiger partial charge in [0.1, 0.15) is 0 Å². The fourth-order valence-corrected chi connectivity index (χ4v) is 2.07. The van der Waals surface area contributed by atoms with Crippen molar-refractivity contribution in [3.8, 4) is 0 Å². The van der Waals surface area contributed by atoms with Crippen molar-refractivity contribution in [2.24, 2.45) is 0 Å². The molecule has 1 heteroatoms. The largest absolute Gasteiger partial charge is 0.114 e. The SMILES string of the molecule is Br.CCCc1ccc2c(c1)CCC2. The summed E-state index contributed by atoms with van der Waals surface area (Å²) in [6.07, 6.45) is 6.49. The van der Waals surface area contributed by atoms with Crippen LogP contribution in [0.15, 0.2) is 18.2 Å². The summed E-state index contributed by atoms with van der Waals surface area (Å²) in [5.74, 6) is 0. The van der Waals surface area contributed by atoms with E-state index in [0.717, 1.165) is 0 Å². The lowest BCUT2D eigenvalue weighted by atomic mass is 10.0. The molecule has 1 aromatic rings. The number of benzene rings is 1. The smallest absolute Gasteiger partial charge is 0.0273 e. The first-order valence-electron chi connectivity index (χ1n) is 5.01. The molecule has 0 nitrogen and oxygen atoms in total. The summed E-state index contributed by atoms with van der Waals surface area (Å²) in [4.78, 5) is 0. The van der Waals surface area contributed by atoms with Crippen molar-refractivity contribution in [3.05, 3.63) is 34.9 Å². The van der Waals surface area contributed by atoms with Crippen molar-refractivity contribution in [3.63, 3.8) is 0 Å². The molecule has 0 N–H and O–H groups in total. The molecule has 0 radical (unpaired) electrons. The Morgan fingerprint density at radius 3 is 2.69 bits per heavy atom. The Morgan fingerprint density at radius 2 is 1.92 bits per heavy atom. The Bertz CT molecular complexity index is 278. The number of hydrogen-bond acceptors (Lipinski definition) is 0. The molecule has 0 unspecified atom stereocenters. The second kappa shape index (κ2) is 4.80. The van der Waals surface area contributed by atoms with Crippen LogP contribution in [0.2, 0.25) is 0 Å². The van der Waals surface area contributed by atoms with E-state index >= 15 is 0 Å². The lowest BCUT2D eigenvalue weighted by Crippen LogP contribution is -1.87. The van der Waals surface area contributed by atoms with Gasteiger partial charge in [-0.05, 0) is 42.4 Å². The molecule has 0 atom stereocenters. The van der Waals surface area contributed by atoms with E-state index in [1.165, 1.54) is 37.7 Å². The van der Waals surface area contributed by atoms with Gasteiger partial charge in [-0.25, -0.2) is 0 Å². The number of hydrogen-bond donors (Lipinski definition) is 0. The van der Waals surface area contributed by atoms with Crippen LogP contribution in [0.25, 0.3) is 0 Å². The predicted molar refractivity (Wildman–Crippen MR) is 62.8 cm³/mol. The van der Waals surface area contributed by atoms with E-state index in [0.29, 0.717) is 0 Å². The average Bonchev–Trinajstić information content (AvgIpc) is 2.51. The zero-order chi connectivity index (χ0) is 8.39. The highest BCUT2D eigenvalue weighted by Crippen LogP contribution is 2.23. The topological polar surface area (TPSA) is 0 Å². The molecule has 0 saturated carbocycles. The maximum absolute atomic E-state index is 2.41. The fraction of sp³-hybridized carbons (Fsp3) is 0.500. The van der Waals surface area contributed by atoms with Crippen LogP contribution in [0.3, 0.4) is 0 Å². The second-order valence-corrected chi connectivity index (χ2v) is 3.71. The Morgan fingerprint density at radius 1 is 1.15 bits per heavy atom. The van der Waals surface area contributed by atoms with Crippen LogP contribution >= 0.6 is 17.0 Å². The second-order valence-electron chi connectivity index (χ2n) is 3.71. The van der Waals surface area contributed by atoms with Crippen LogP contribution < -0.4 is 0 Å². The molecule has 0 saturated heterocycles. The van der Waals surface area contributed by atoms with Crippen molar-refractivity contribution in [2.75, 3.05) is 0 Å². The van der Waals surface area contributed by atoms with Gasteiger partial charge in [-0.2, -0.15) is 0 Å². The van der Waals surface area contributed by atoms with Gasteiger partial charge in [0.2, 0.25) is 0 Å². The normalized spacial score (nSPS) is 13.6. The Kier molecular flexibility index (Phi) is 3.98. The lowest BCUT2D eigenvalue weighted by molar-refractivity contribution is 0.907. The van der Waals surface area contributed by atoms with E-state index in [9.17, 15) is 0 Å². The van der Waals surface area contributed by atoms with Gasteiger partial charge in [-0.1, -0.05) is 31.5 Å². The molecular formula is C12H17Br. The molecule has 2 rings (SSSR count). The summed E-state index contributed by atoms with van der Waals surface area (Å²) in [6.45, 7) is 2.24. The molecule has 1 aromatic carbocycles. The number of rotatable bonds is 2. The summed E-state index contributed by atoms with van der Waals surface area (Å²) >= 11 is 0. The van der Waals surface area contributed by atoms with Gasteiger partial charge in [0.05, 0.1) is 0 Å². The van der Waals surface area contributed by atoms with Crippen LogP contribution in [0.5, 0.6) is 0 Å². The van der Waals surface area contributed by atoms with E-state index in [1.807, 2.05) is 0 Å². The molecule has 1 aliphatic carbocycles. The van der Waals surface area contributed by atoms with E-state index in [2.05, 4.69) is 25.1 Å². The highest BCUT2D eigenvalue weighted by molar-refractivity contribution is 8.93. The van der Waals surface area contributed by atoms with Crippen LogP contribution in [0.1, 0.15) is 36.5 Å². The summed E-state index contributed by atoms with van der Waals surface area (Å²) in [5, 5.41) is 0. The standard InChI is InChI=1S/C12H16.BrH/c1-2-4-10-7-8-11-5-3-6-12(11)9-10;/h7-9H,2-6H2,1H3;1H. The first-order chi connectivity index (χ1) is 5.90. The van der Waals surface area contributed by atoms with Crippen molar-refractivity contribution >= 4 is 17.0 Å². The van der Waals surface area contributed by atoms with Gasteiger partial charge in [0, 0.05) is 0 Å². The molecule has 13 heavy (non-hydrogen) atoms. The summed E-state index contributed by atoms with van der Waals surface area (Å²) in [5.41, 5.74) is 4.73. The highest BCUT2D eigenvalue weighted by atomic mass is 79.9. The first-order valence-corrected chi connectivity index (χ1v) is 5.01. The maximum Gasteiger partial charge on any atom is -0.0273 e. The molecule has 0 spiro atoms. The predicted octanol–water partition coefficient (Wildman–Crippen LogP) is 3.71. The fourth-order valence-electron chi connectivity index (χ4n) is 2.07. The molecule has 0 amide bonds. The van der Waals surface area contributed by atoms with Gasteiger partial charge in [-0.15, -0.1) is 17.0 Å². The molecule has 1 aliphatic rings. The zero-order valence-electron chi connectivity index (χ0n) is 8.18. The zero-order valence-corrected chi connectivity index (χ0v) is 9.89. The first kappa shape index (κ1) is 10.8. The Labute approximate surface area is 91.1 Å². The number of aryl methyl sites for hydroxylation is 3. The third-order valence-corrected chi connectivity index (χ3v) is 2.70. The molecule has 0 aliphatic heterocycles. The van der Waals surface area contributed by atoms with E-state index in [-0.39, 0.29) is 17.0 Å². The Balaban J connectivity index is 0.000000845. The summed E-state index contributed by atoms with van der Waals surface area (Å²) < 4.78 is 0. The molecule has 0 heterocycles. The molecule has 72 valence electrons. The van der Waals surface area contributed by atoms with Gasteiger partial charge in [0.15, 0.2) is 0 Å². The summed E-state index contributed by atoms with van der Waals surface area (Å²) in [6, 6.07) is 7.03. The monoisotopic (exact) mass is 240 g/mol. The minimum absolute atomic E-state index is 0. The highest BCUT2D eigenvalue weighted by Gasteiger charge is 2.09. The number of halogens is 1. The van der Waals surface area contributed by atoms with Crippen molar-refractivity contribution in [2.45, 2.75) is 39.0 Å².